The molecule has 0 saturated heterocycles. The Labute approximate surface area is 82.9 Å². The van der Waals surface area contributed by atoms with Crippen molar-refractivity contribution in [3.63, 3.8) is 0 Å². The van der Waals surface area contributed by atoms with Crippen LogP contribution in [0, 0.1) is 0 Å². The lowest BCUT2D eigenvalue weighted by atomic mass is 10.0. The Hall–Kier alpha value is -0.770. The highest BCUT2D eigenvalue weighted by molar-refractivity contribution is 5.85. The van der Waals surface area contributed by atoms with Crippen molar-refractivity contribution in [1.82, 2.24) is 0 Å². The SMILES string of the molecule is Cl.N[C@@H]1COc2ccccc2[C@@H]1O. The fourth-order valence-electron chi connectivity index (χ4n) is 1.36. The van der Waals surface area contributed by atoms with E-state index >= 15 is 0 Å². The maximum absolute atomic E-state index is 9.62. The normalized spacial score (nSPS) is 25.4. The lowest BCUT2D eigenvalue weighted by Gasteiger charge is -2.27. The number of ether oxygens (including phenoxy) is 1. The van der Waals surface area contributed by atoms with Crippen LogP contribution < -0.4 is 10.5 Å². The van der Waals surface area contributed by atoms with E-state index in [1.165, 1.54) is 0 Å². The van der Waals surface area contributed by atoms with Crippen LogP contribution in [0.5, 0.6) is 5.75 Å². The molecular weight excluding hydrogens is 190 g/mol. The summed E-state index contributed by atoms with van der Waals surface area (Å²) in [6.07, 6.45) is -0.588. The zero-order chi connectivity index (χ0) is 8.55. The third-order valence-electron chi connectivity index (χ3n) is 2.07. The molecule has 1 aliphatic rings. The van der Waals surface area contributed by atoms with Gasteiger partial charge in [-0.2, -0.15) is 0 Å². The molecule has 4 heteroatoms. The van der Waals surface area contributed by atoms with Gasteiger partial charge in [-0.15, -0.1) is 12.4 Å². The van der Waals surface area contributed by atoms with Gasteiger partial charge in [-0.25, -0.2) is 0 Å². The Kier molecular flexibility index (Phi) is 3.14. The quantitative estimate of drug-likeness (QED) is 0.655. The number of fused-ring (bicyclic) bond motifs is 1. The second-order valence-electron chi connectivity index (χ2n) is 2.96. The smallest absolute Gasteiger partial charge is 0.125 e. The highest BCUT2D eigenvalue weighted by Gasteiger charge is 2.25. The van der Waals surface area contributed by atoms with Gasteiger partial charge in [0.05, 0.1) is 6.04 Å². The summed E-state index contributed by atoms with van der Waals surface area (Å²) in [4.78, 5) is 0. The van der Waals surface area contributed by atoms with Crippen LogP contribution in [0.15, 0.2) is 24.3 Å². The van der Waals surface area contributed by atoms with E-state index in [2.05, 4.69) is 0 Å². The molecule has 0 radical (unpaired) electrons. The molecule has 0 fully saturated rings. The van der Waals surface area contributed by atoms with E-state index in [0.717, 1.165) is 11.3 Å². The summed E-state index contributed by atoms with van der Waals surface area (Å²) >= 11 is 0. The maximum Gasteiger partial charge on any atom is 0.125 e. The first kappa shape index (κ1) is 10.3. The summed E-state index contributed by atoms with van der Waals surface area (Å²) in [5, 5.41) is 9.62. The summed E-state index contributed by atoms with van der Waals surface area (Å²) in [7, 11) is 0. The van der Waals surface area contributed by atoms with Gasteiger partial charge in [0.25, 0.3) is 0 Å². The lowest BCUT2D eigenvalue weighted by molar-refractivity contribution is 0.0916. The van der Waals surface area contributed by atoms with Crippen LogP contribution in [0.2, 0.25) is 0 Å². The summed E-state index contributed by atoms with van der Waals surface area (Å²) in [5.74, 6) is 0.742. The third-order valence-corrected chi connectivity index (χ3v) is 2.07. The number of aliphatic hydroxyl groups is 1. The zero-order valence-corrected chi connectivity index (χ0v) is 7.83. The van der Waals surface area contributed by atoms with Crippen molar-refractivity contribution in [2.75, 3.05) is 6.61 Å². The van der Waals surface area contributed by atoms with Gasteiger partial charge in [0, 0.05) is 5.56 Å². The summed E-state index contributed by atoms with van der Waals surface area (Å²) in [5.41, 5.74) is 6.41. The minimum Gasteiger partial charge on any atom is -0.491 e. The van der Waals surface area contributed by atoms with Gasteiger partial charge in [-0.05, 0) is 6.07 Å². The number of hydrogen-bond acceptors (Lipinski definition) is 3. The minimum atomic E-state index is -0.588. The molecule has 0 aliphatic carbocycles. The first-order valence-corrected chi connectivity index (χ1v) is 3.94. The van der Waals surface area contributed by atoms with Crippen molar-refractivity contribution in [1.29, 1.82) is 0 Å². The molecule has 1 aromatic rings. The van der Waals surface area contributed by atoms with Gasteiger partial charge in [-0.3, -0.25) is 0 Å². The predicted octanol–water partition coefficient (Wildman–Crippen LogP) is 0.861. The Morgan fingerprint density at radius 2 is 2.08 bits per heavy atom. The topological polar surface area (TPSA) is 55.5 Å². The lowest BCUT2D eigenvalue weighted by Crippen LogP contribution is -2.37. The molecule has 1 heterocycles. The third kappa shape index (κ3) is 1.77. The molecule has 0 amide bonds. The summed E-state index contributed by atoms with van der Waals surface area (Å²) in [6.45, 7) is 0.387. The summed E-state index contributed by atoms with van der Waals surface area (Å²) in [6, 6.07) is 7.11. The first-order chi connectivity index (χ1) is 5.79. The van der Waals surface area contributed by atoms with Crippen molar-refractivity contribution < 1.29 is 9.84 Å². The molecule has 1 aromatic carbocycles. The van der Waals surface area contributed by atoms with Gasteiger partial charge in [0.2, 0.25) is 0 Å². The molecular formula is C9H12ClNO2. The van der Waals surface area contributed by atoms with E-state index in [0.29, 0.717) is 6.61 Å². The van der Waals surface area contributed by atoms with E-state index in [-0.39, 0.29) is 18.4 Å². The molecule has 0 aromatic heterocycles. The van der Waals surface area contributed by atoms with Crippen LogP contribution in [0.4, 0.5) is 0 Å². The van der Waals surface area contributed by atoms with Gasteiger partial charge in [0.1, 0.15) is 18.5 Å². The van der Waals surface area contributed by atoms with E-state index in [1.54, 1.807) is 0 Å². The molecule has 3 nitrogen and oxygen atoms in total. The average Bonchev–Trinajstić information content (AvgIpc) is 2.12. The highest BCUT2D eigenvalue weighted by atomic mass is 35.5. The van der Waals surface area contributed by atoms with E-state index in [1.807, 2.05) is 24.3 Å². The second-order valence-corrected chi connectivity index (χ2v) is 2.96. The van der Waals surface area contributed by atoms with Crippen LogP contribution in [0.1, 0.15) is 11.7 Å². The van der Waals surface area contributed by atoms with Crippen molar-refractivity contribution in [3.8, 4) is 5.75 Å². The first-order valence-electron chi connectivity index (χ1n) is 3.94. The summed E-state index contributed by atoms with van der Waals surface area (Å²) < 4.78 is 5.32. The number of hydrogen-bond donors (Lipinski definition) is 2. The second kappa shape index (κ2) is 3.96. The van der Waals surface area contributed by atoms with Crippen LogP contribution in [0.25, 0.3) is 0 Å². The molecule has 1 aliphatic heterocycles. The number of rotatable bonds is 0. The Morgan fingerprint density at radius 3 is 2.85 bits per heavy atom. The van der Waals surface area contributed by atoms with Crippen LogP contribution in [-0.4, -0.2) is 17.8 Å². The fraction of sp³-hybridized carbons (Fsp3) is 0.333. The average molecular weight is 202 g/mol. The van der Waals surface area contributed by atoms with Crippen molar-refractivity contribution in [2.45, 2.75) is 12.1 Å². The molecule has 13 heavy (non-hydrogen) atoms. The van der Waals surface area contributed by atoms with Crippen LogP contribution in [-0.2, 0) is 0 Å². The Balaban J connectivity index is 0.000000845. The van der Waals surface area contributed by atoms with Crippen molar-refractivity contribution in [3.05, 3.63) is 29.8 Å². The molecule has 0 bridgehead atoms. The molecule has 0 unspecified atom stereocenters. The van der Waals surface area contributed by atoms with Gasteiger partial charge < -0.3 is 15.6 Å². The number of aliphatic hydroxyl groups excluding tert-OH is 1. The molecule has 72 valence electrons. The standard InChI is InChI=1S/C9H11NO2.ClH/c10-7-5-12-8-4-2-1-3-6(8)9(7)11;/h1-4,7,9,11H,5,10H2;1H/t7-,9+;/m1./s1. The maximum atomic E-state index is 9.62. The van der Waals surface area contributed by atoms with E-state index in [9.17, 15) is 5.11 Å². The minimum absolute atomic E-state index is 0. The number of benzene rings is 1. The van der Waals surface area contributed by atoms with Crippen molar-refractivity contribution in [2.24, 2.45) is 5.73 Å². The highest BCUT2D eigenvalue weighted by Crippen LogP contribution is 2.30. The predicted molar refractivity (Wildman–Crippen MR) is 52.1 cm³/mol. The van der Waals surface area contributed by atoms with Crippen LogP contribution in [0.3, 0.4) is 0 Å². The van der Waals surface area contributed by atoms with Crippen molar-refractivity contribution >= 4 is 12.4 Å². The molecule has 3 N–H and O–H groups in total. The molecule has 2 atom stereocenters. The number of para-hydroxylation sites is 1. The monoisotopic (exact) mass is 201 g/mol. The largest absolute Gasteiger partial charge is 0.491 e. The van der Waals surface area contributed by atoms with E-state index < -0.39 is 6.10 Å². The number of nitrogens with two attached hydrogens (primary N) is 1. The van der Waals surface area contributed by atoms with Crippen LogP contribution >= 0.6 is 12.4 Å². The molecule has 0 spiro atoms. The van der Waals surface area contributed by atoms with Gasteiger partial charge >= 0.3 is 0 Å². The van der Waals surface area contributed by atoms with Gasteiger partial charge in [0.15, 0.2) is 0 Å². The Morgan fingerprint density at radius 1 is 1.38 bits per heavy atom. The molecule has 2 rings (SSSR count). The van der Waals surface area contributed by atoms with Gasteiger partial charge in [-0.1, -0.05) is 18.2 Å². The number of halogens is 1. The molecule has 0 saturated carbocycles. The zero-order valence-electron chi connectivity index (χ0n) is 7.01. The van der Waals surface area contributed by atoms with E-state index in [4.69, 9.17) is 10.5 Å². The Bertz CT molecular complexity index is 293. The fourth-order valence-corrected chi connectivity index (χ4v) is 1.36.